The molecule has 1 amide bonds. The second-order valence-electron chi connectivity index (χ2n) is 4.69. The largest absolute Gasteiger partial charge is 0.355 e. The number of nitrogens with two attached hydrogens (primary N) is 1. The van der Waals surface area contributed by atoms with E-state index in [9.17, 15) is 13.2 Å². The van der Waals surface area contributed by atoms with Crippen molar-refractivity contribution in [2.24, 2.45) is 5.73 Å². The first-order valence-electron chi connectivity index (χ1n) is 5.97. The lowest BCUT2D eigenvalue weighted by atomic mass is 10.1. The summed E-state index contributed by atoms with van der Waals surface area (Å²) in [5.41, 5.74) is 5.64. The summed E-state index contributed by atoms with van der Waals surface area (Å²) >= 11 is 0. The van der Waals surface area contributed by atoms with E-state index in [1.54, 1.807) is 0 Å². The van der Waals surface area contributed by atoms with Crippen molar-refractivity contribution in [1.29, 1.82) is 0 Å². The molecular formula is C10H19N3O3S. The van der Waals surface area contributed by atoms with Crippen LogP contribution in [0.1, 0.15) is 12.8 Å². The Kier molecular flexibility index (Phi) is 3.70. The zero-order valence-corrected chi connectivity index (χ0v) is 10.6. The van der Waals surface area contributed by atoms with Gasteiger partial charge in [0.05, 0.1) is 11.5 Å². The van der Waals surface area contributed by atoms with Crippen LogP contribution in [-0.2, 0) is 14.6 Å². The molecule has 0 aromatic carbocycles. The van der Waals surface area contributed by atoms with Gasteiger partial charge < -0.3 is 11.1 Å². The number of carbonyl (C=O) groups excluding carboxylic acids is 1. The van der Waals surface area contributed by atoms with Gasteiger partial charge >= 0.3 is 0 Å². The van der Waals surface area contributed by atoms with Crippen molar-refractivity contribution in [3.63, 3.8) is 0 Å². The van der Waals surface area contributed by atoms with Crippen molar-refractivity contribution in [3.05, 3.63) is 0 Å². The Balaban J connectivity index is 2.14. The third-order valence-corrected chi connectivity index (χ3v) is 5.25. The van der Waals surface area contributed by atoms with Gasteiger partial charge in [-0.1, -0.05) is 0 Å². The van der Waals surface area contributed by atoms with Crippen LogP contribution in [-0.4, -0.2) is 62.4 Å². The van der Waals surface area contributed by atoms with Gasteiger partial charge in [0.25, 0.3) is 0 Å². The molecule has 0 radical (unpaired) electrons. The van der Waals surface area contributed by atoms with Gasteiger partial charge in [0, 0.05) is 25.7 Å². The van der Waals surface area contributed by atoms with E-state index < -0.39 is 9.84 Å². The van der Waals surface area contributed by atoms with Crippen molar-refractivity contribution < 1.29 is 13.2 Å². The highest BCUT2D eigenvalue weighted by Crippen LogP contribution is 2.21. The summed E-state index contributed by atoms with van der Waals surface area (Å²) in [5.74, 6) is 0.318. The van der Waals surface area contributed by atoms with Crippen LogP contribution in [0.15, 0.2) is 0 Å². The minimum atomic E-state index is -2.92. The van der Waals surface area contributed by atoms with Crippen LogP contribution in [0.5, 0.6) is 0 Å². The maximum atomic E-state index is 11.8. The van der Waals surface area contributed by atoms with E-state index in [0.717, 1.165) is 13.0 Å². The van der Waals surface area contributed by atoms with Gasteiger partial charge in [-0.05, 0) is 12.8 Å². The van der Waals surface area contributed by atoms with E-state index >= 15 is 0 Å². The number of nitrogens with zero attached hydrogens (tertiary/aromatic N) is 1. The molecule has 2 saturated heterocycles. The van der Waals surface area contributed by atoms with E-state index in [1.165, 1.54) is 0 Å². The minimum Gasteiger partial charge on any atom is -0.355 e. The van der Waals surface area contributed by atoms with Gasteiger partial charge in [-0.25, -0.2) is 8.42 Å². The predicted molar refractivity (Wildman–Crippen MR) is 64.2 cm³/mol. The Morgan fingerprint density at radius 3 is 2.82 bits per heavy atom. The average Bonchev–Trinajstić information content (AvgIpc) is 2.52. The van der Waals surface area contributed by atoms with Crippen molar-refractivity contribution in [1.82, 2.24) is 10.2 Å². The Bertz CT molecular complexity index is 396. The predicted octanol–water partition coefficient (Wildman–Crippen LogP) is -1.68. The summed E-state index contributed by atoms with van der Waals surface area (Å²) in [7, 11) is -2.92. The molecule has 6 nitrogen and oxygen atoms in total. The summed E-state index contributed by atoms with van der Waals surface area (Å²) in [5, 5.41) is 2.81. The van der Waals surface area contributed by atoms with Crippen molar-refractivity contribution in [2.45, 2.75) is 24.9 Å². The monoisotopic (exact) mass is 261 g/mol. The van der Waals surface area contributed by atoms with E-state index in [-0.39, 0.29) is 36.0 Å². The highest BCUT2D eigenvalue weighted by atomic mass is 32.2. The molecule has 98 valence electrons. The first-order chi connectivity index (χ1) is 8.03. The van der Waals surface area contributed by atoms with Crippen molar-refractivity contribution in [3.8, 4) is 0 Å². The first-order valence-corrected chi connectivity index (χ1v) is 7.79. The number of hydrogen-bond acceptors (Lipinski definition) is 5. The Morgan fingerprint density at radius 1 is 1.47 bits per heavy atom. The van der Waals surface area contributed by atoms with Gasteiger partial charge in [0.1, 0.15) is 6.04 Å². The van der Waals surface area contributed by atoms with Crippen LogP contribution >= 0.6 is 0 Å². The van der Waals surface area contributed by atoms with Gasteiger partial charge in [-0.2, -0.15) is 0 Å². The van der Waals surface area contributed by atoms with Gasteiger partial charge in [-0.3, -0.25) is 9.69 Å². The molecule has 0 spiro atoms. The molecule has 0 aromatic heterocycles. The quantitative estimate of drug-likeness (QED) is 0.619. The standard InChI is InChI=1S/C10H19N3O3S/c11-6-9-10(14)12-3-1-4-13(9)8-2-5-17(15,16)7-8/h8-9H,1-7,11H2,(H,12,14). The fourth-order valence-electron chi connectivity index (χ4n) is 2.61. The van der Waals surface area contributed by atoms with Gasteiger partial charge in [0.2, 0.25) is 5.91 Å². The summed E-state index contributed by atoms with van der Waals surface area (Å²) < 4.78 is 23.0. The number of sulfone groups is 1. The lowest BCUT2D eigenvalue weighted by Gasteiger charge is -2.32. The maximum absolute atomic E-state index is 11.8. The zero-order valence-electron chi connectivity index (χ0n) is 9.76. The lowest BCUT2D eigenvalue weighted by Crippen LogP contribution is -2.53. The molecule has 0 aromatic rings. The molecule has 2 fully saturated rings. The second kappa shape index (κ2) is 4.91. The molecule has 2 heterocycles. The SMILES string of the molecule is NCC1C(=O)NCCCN1C1CCS(=O)(=O)C1. The topological polar surface area (TPSA) is 92.5 Å². The van der Waals surface area contributed by atoms with Crippen LogP contribution in [0.2, 0.25) is 0 Å². The van der Waals surface area contributed by atoms with Crippen LogP contribution in [0.25, 0.3) is 0 Å². The van der Waals surface area contributed by atoms with Crippen molar-refractivity contribution >= 4 is 15.7 Å². The number of nitrogens with one attached hydrogen (secondary N) is 1. The van der Waals surface area contributed by atoms with Gasteiger partial charge in [0.15, 0.2) is 9.84 Å². The Morgan fingerprint density at radius 2 is 2.24 bits per heavy atom. The molecule has 0 saturated carbocycles. The number of hydrogen-bond donors (Lipinski definition) is 2. The summed E-state index contributed by atoms with van der Waals surface area (Å²) in [6, 6.07) is -0.423. The summed E-state index contributed by atoms with van der Waals surface area (Å²) in [6.07, 6.45) is 1.46. The molecule has 2 atom stereocenters. The molecular weight excluding hydrogens is 242 g/mol. The molecule has 2 rings (SSSR count). The summed E-state index contributed by atoms with van der Waals surface area (Å²) in [4.78, 5) is 13.8. The third-order valence-electron chi connectivity index (χ3n) is 3.50. The van der Waals surface area contributed by atoms with Crippen molar-refractivity contribution in [2.75, 3.05) is 31.1 Å². The highest BCUT2D eigenvalue weighted by molar-refractivity contribution is 7.91. The molecule has 2 unspecified atom stereocenters. The second-order valence-corrected chi connectivity index (χ2v) is 6.92. The number of carbonyl (C=O) groups is 1. The number of rotatable bonds is 2. The average molecular weight is 261 g/mol. The molecule has 3 N–H and O–H groups in total. The molecule has 2 aliphatic heterocycles. The first kappa shape index (κ1) is 12.8. The van der Waals surface area contributed by atoms with E-state index in [0.29, 0.717) is 13.0 Å². The molecule has 0 bridgehead atoms. The van der Waals surface area contributed by atoms with Gasteiger partial charge in [-0.15, -0.1) is 0 Å². The van der Waals surface area contributed by atoms with Crippen LogP contribution in [0.3, 0.4) is 0 Å². The third kappa shape index (κ3) is 2.78. The fourth-order valence-corrected chi connectivity index (χ4v) is 4.36. The molecule has 7 heteroatoms. The van der Waals surface area contributed by atoms with Crippen LogP contribution < -0.4 is 11.1 Å². The van der Waals surface area contributed by atoms with E-state index in [4.69, 9.17) is 5.73 Å². The Labute approximate surface area is 101 Å². The number of amides is 1. The fraction of sp³-hybridized carbons (Fsp3) is 0.900. The smallest absolute Gasteiger partial charge is 0.238 e. The molecule has 2 aliphatic rings. The lowest BCUT2D eigenvalue weighted by molar-refractivity contribution is -0.125. The van der Waals surface area contributed by atoms with E-state index in [2.05, 4.69) is 5.32 Å². The normalized spacial score (nSPS) is 34.3. The summed E-state index contributed by atoms with van der Waals surface area (Å²) in [6.45, 7) is 1.62. The van der Waals surface area contributed by atoms with Crippen LogP contribution in [0, 0.1) is 0 Å². The maximum Gasteiger partial charge on any atom is 0.238 e. The zero-order chi connectivity index (χ0) is 12.5. The molecule has 17 heavy (non-hydrogen) atoms. The van der Waals surface area contributed by atoms with E-state index in [1.807, 2.05) is 4.90 Å². The van der Waals surface area contributed by atoms with Crippen LogP contribution in [0.4, 0.5) is 0 Å². The Hall–Kier alpha value is -0.660. The highest BCUT2D eigenvalue weighted by Gasteiger charge is 2.38. The molecule has 0 aliphatic carbocycles. The minimum absolute atomic E-state index is 0.0441.